The summed E-state index contributed by atoms with van der Waals surface area (Å²) in [6, 6.07) is 15.0. The van der Waals surface area contributed by atoms with Crippen LogP contribution >= 0.6 is 23.8 Å². The highest BCUT2D eigenvalue weighted by Gasteiger charge is 2.21. The number of rotatable bonds is 5. The first kappa shape index (κ1) is 20.3. The third-order valence-electron chi connectivity index (χ3n) is 5.22. The van der Waals surface area contributed by atoms with E-state index < -0.39 is 0 Å². The zero-order chi connectivity index (χ0) is 22.4. The molecule has 2 aromatic carbocycles. The van der Waals surface area contributed by atoms with Crippen molar-refractivity contribution in [3.8, 4) is 11.6 Å². The number of carbonyl (C=O) groups is 1. The van der Waals surface area contributed by atoms with E-state index in [0.717, 1.165) is 22.3 Å². The number of para-hydroxylation sites is 1. The number of halogens is 1. The molecule has 0 saturated heterocycles. The van der Waals surface area contributed by atoms with Crippen molar-refractivity contribution in [2.75, 3.05) is 0 Å². The number of nitrogens with zero attached hydrogens (tertiary/aromatic N) is 7. The first-order valence-corrected chi connectivity index (χ1v) is 10.5. The van der Waals surface area contributed by atoms with Gasteiger partial charge in [0.1, 0.15) is 6.54 Å². The molecule has 3 aromatic heterocycles. The second-order valence-corrected chi connectivity index (χ2v) is 8.07. The van der Waals surface area contributed by atoms with Gasteiger partial charge in [-0.3, -0.25) is 19.0 Å². The Bertz CT molecular complexity index is 1530. The number of hydrogen-bond donors (Lipinski definition) is 1. The van der Waals surface area contributed by atoms with E-state index in [0.29, 0.717) is 27.1 Å². The molecule has 5 aromatic rings. The van der Waals surface area contributed by atoms with Crippen molar-refractivity contribution in [2.24, 2.45) is 0 Å². The van der Waals surface area contributed by atoms with Gasteiger partial charge in [-0.25, -0.2) is 0 Å². The molecule has 0 bridgehead atoms. The van der Waals surface area contributed by atoms with Crippen LogP contribution in [0.5, 0.6) is 0 Å². The van der Waals surface area contributed by atoms with Gasteiger partial charge < -0.3 is 0 Å². The van der Waals surface area contributed by atoms with E-state index in [1.807, 2.05) is 47.9 Å². The SMILES string of the molecule is CC(=O)c1c(C)n(-c2nnn(Cc3n[nH]c(=S)n3-c3ccc(Cl)cc3)n2)c2ccccc12. The van der Waals surface area contributed by atoms with E-state index >= 15 is 0 Å². The van der Waals surface area contributed by atoms with Gasteiger partial charge in [-0.2, -0.15) is 9.90 Å². The molecule has 3 heterocycles. The molecule has 5 rings (SSSR count). The fourth-order valence-electron chi connectivity index (χ4n) is 3.88. The number of fused-ring (bicyclic) bond motifs is 1. The summed E-state index contributed by atoms with van der Waals surface area (Å²) in [6.45, 7) is 3.67. The molecule has 1 N–H and O–H groups in total. The molecule has 0 unspecified atom stereocenters. The van der Waals surface area contributed by atoms with E-state index in [9.17, 15) is 4.79 Å². The predicted octanol–water partition coefficient (Wildman–Crippen LogP) is 4.07. The zero-order valence-electron chi connectivity index (χ0n) is 17.2. The van der Waals surface area contributed by atoms with E-state index in [1.54, 1.807) is 23.6 Å². The summed E-state index contributed by atoms with van der Waals surface area (Å²) >= 11 is 11.4. The topological polar surface area (TPSA) is 99.2 Å². The molecule has 0 aliphatic rings. The first-order chi connectivity index (χ1) is 15.4. The lowest BCUT2D eigenvalue weighted by Crippen LogP contribution is -2.11. The lowest BCUT2D eigenvalue weighted by atomic mass is 10.1. The summed E-state index contributed by atoms with van der Waals surface area (Å²) in [6.07, 6.45) is 0. The quantitative estimate of drug-likeness (QED) is 0.311. The number of carbonyl (C=O) groups excluding carboxylic acids is 1. The van der Waals surface area contributed by atoms with Gasteiger partial charge in [-0.05, 0) is 61.6 Å². The van der Waals surface area contributed by atoms with Crippen LogP contribution in [0.25, 0.3) is 22.5 Å². The number of aromatic amines is 1. The molecular formula is C21H17ClN8OS. The van der Waals surface area contributed by atoms with Crippen molar-refractivity contribution in [2.45, 2.75) is 20.4 Å². The van der Waals surface area contributed by atoms with Crippen molar-refractivity contribution in [3.63, 3.8) is 0 Å². The molecule has 0 spiro atoms. The lowest BCUT2D eigenvalue weighted by Gasteiger charge is -2.06. The average molecular weight is 465 g/mol. The standard InChI is InChI=1S/C21H17ClN8OS/c1-12-19(13(2)31)16-5-3-4-6-17(16)29(12)20-24-27-28(26-20)11-18-23-25-21(32)30(18)15-9-7-14(22)8-10-15/h3-10H,11H2,1-2H3,(H,25,32). The van der Waals surface area contributed by atoms with Crippen molar-refractivity contribution >= 4 is 40.5 Å². The molecule has 0 aliphatic heterocycles. The second kappa shape index (κ2) is 7.81. The van der Waals surface area contributed by atoms with Gasteiger partial charge >= 0.3 is 0 Å². The molecule has 32 heavy (non-hydrogen) atoms. The van der Waals surface area contributed by atoms with Gasteiger partial charge in [0.2, 0.25) is 0 Å². The largest absolute Gasteiger partial charge is 0.294 e. The third-order valence-corrected chi connectivity index (χ3v) is 5.74. The van der Waals surface area contributed by atoms with Gasteiger partial charge in [0.25, 0.3) is 5.95 Å². The summed E-state index contributed by atoms with van der Waals surface area (Å²) < 4.78 is 4.08. The number of ketones is 1. The highest BCUT2D eigenvalue weighted by Crippen LogP contribution is 2.28. The average Bonchev–Trinajstić information content (AvgIpc) is 3.44. The Morgan fingerprint density at radius 3 is 2.62 bits per heavy atom. The van der Waals surface area contributed by atoms with E-state index in [-0.39, 0.29) is 12.3 Å². The molecule has 0 saturated carbocycles. The summed E-state index contributed by atoms with van der Waals surface area (Å²) in [4.78, 5) is 13.7. The Hall–Kier alpha value is -3.63. The maximum Gasteiger partial charge on any atom is 0.274 e. The molecule has 0 fully saturated rings. The van der Waals surface area contributed by atoms with Crippen LogP contribution in [0.15, 0.2) is 48.5 Å². The number of aromatic nitrogens is 8. The van der Waals surface area contributed by atoms with Crippen LogP contribution in [-0.4, -0.2) is 45.3 Å². The van der Waals surface area contributed by atoms with Gasteiger partial charge in [0, 0.05) is 27.4 Å². The van der Waals surface area contributed by atoms with Crippen molar-refractivity contribution < 1.29 is 4.79 Å². The van der Waals surface area contributed by atoms with Crippen LogP contribution in [0.3, 0.4) is 0 Å². The maximum absolute atomic E-state index is 12.3. The summed E-state index contributed by atoms with van der Waals surface area (Å²) in [5.74, 6) is 0.974. The second-order valence-electron chi connectivity index (χ2n) is 7.25. The molecule has 9 nitrogen and oxygen atoms in total. The molecular weight excluding hydrogens is 448 g/mol. The Labute approximate surface area is 192 Å². The molecule has 11 heteroatoms. The lowest BCUT2D eigenvalue weighted by molar-refractivity contribution is 0.101. The fourth-order valence-corrected chi connectivity index (χ4v) is 4.26. The first-order valence-electron chi connectivity index (χ1n) is 9.75. The minimum atomic E-state index is -0.0108. The number of benzene rings is 2. The molecule has 0 aliphatic carbocycles. The zero-order valence-corrected chi connectivity index (χ0v) is 18.7. The Balaban J connectivity index is 1.55. The minimum absolute atomic E-state index is 0.0108. The van der Waals surface area contributed by atoms with Crippen LogP contribution < -0.4 is 0 Å². The third kappa shape index (κ3) is 3.33. The Kier molecular flexibility index (Phi) is 4.95. The summed E-state index contributed by atoms with van der Waals surface area (Å²) in [5.41, 5.74) is 3.09. The van der Waals surface area contributed by atoms with Crippen LogP contribution in [0.4, 0.5) is 0 Å². The van der Waals surface area contributed by atoms with Gasteiger partial charge in [0.05, 0.1) is 5.52 Å². The van der Waals surface area contributed by atoms with Crippen LogP contribution in [-0.2, 0) is 6.54 Å². The molecule has 0 atom stereocenters. The molecule has 160 valence electrons. The number of nitrogens with one attached hydrogen (secondary N) is 1. The molecule has 0 radical (unpaired) electrons. The van der Waals surface area contributed by atoms with Crippen LogP contribution in [0, 0.1) is 11.7 Å². The Morgan fingerprint density at radius 2 is 1.88 bits per heavy atom. The smallest absolute Gasteiger partial charge is 0.274 e. The van der Waals surface area contributed by atoms with E-state index in [2.05, 4.69) is 25.6 Å². The predicted molar refractivity (Wildman–Crippen MR) is 122 cm³/mol. The van der Waals surface area contributed by atoms with Crippen molar-refractivity contribution in [3.05, 3.63) is 75.4 Å². The highest BCUT2D eigenvalue weighted by atomic mass is 35.5. The van der Waals surface area contributed by atoms with Crippen LogP contribution in [0.2, 0.25) is 5.02 Å². The highest BCUT2D eigenvalue weighted by molar-refractivity contribution is 7.71. The van der Waals surface area contributed by atoms with Crippen LogP contribution in [0.1, 0.15) is 28.8 Å². The molecule has 0 amide bonds. The summed E-state index contributed by atoms with van der Waals surface area (Å²) in [5, 5.41) is 21.6. The normalized spacial score (nSPS) is 11.3. The number of tetrazole rings is 1. The number of hydrogen-bond acceptors (Lipinski definition) is 6. The summed E-state index contributed by atoms with van der Waals surface area (Å²) in [7, 11) is 0. The van der Waals surface area contributed by atoms with Crippen molar-refractivity contribution in [1.29, 1.82) is 0 Å². The minimum Gasteiger partial charge on any atom is -0.294 e. The van der Waals surface area contributed by atoms with Crippen molar-refractivity contribution in [1.82, 2.24) is 39.5 Å². The van der Waals surface area contributed by atoms with Gasteiger partial charge in [0.15, 0.2) is 16.4 Å². The van der Waals surface area contributed by atoms with Gasteiger partial charge in [-0.15, -0.1) is 5.10 Å². The van der Waals surface area contributed by atoms with E-state index in [1.165, 1.54) is 4.80 Å². The van der Waals surface area contributed by atoms with Gasteiger partial charge in [-0.1, -0.05) is 34.9 Å². The Morgan fingerprint density at radius 1 is 1.12 bits per heavy atom. The van der Waals surface area contributed by atoms with E-state index in [4.69, 9.17) is 23.8 Å². The monoisotopic (exact) mass is 464 g/mol. The maximum atomic E-state index is 12.3. The number of H-pyrrole nitrogens is 1. The fraction of sp³-hybridized carbons (Fsp3) is 0.143. The number of Topliss-reactive ketones (excluding diaryl/α,β-unsaturated/α-hetero) is 1.